The summed E-state index contributed by atoms with van der Waals surface area (Å²) < 4.78 is 5.55. The highest BCUT2D eigenvalue weighted by molar-refractivity contribution is 5.70. The predicted octanol–water partition coefficient (Wildman–Crippen LogP) is 5.50. The summed E-state index contributed by atoms with van der Waals surface area (Å²) in [7, 11) is 0. The average molecular weight is 306 g/mol. The van der Waals surface area contributed by atoms with Crippen LogP contribution in [-0.2, 0) is 9.53 Å². The van der Waals surface area contributed by atoms with Crippen molar-refractivity contribution in [2.24, 2.45) is 23.2 Å². The molecule has 0 saturated heterocycles. The van der Waals surface area contributed by atoms with E-state index in [1.807, 2.05) is 0 Å². The van der Waals surface area contributed by atoms with Crippen molar-refractivity contribution < 1.29 is 9.53 Å². The Morgan fingerprint density at radius 2 is 1.45 bits per heavy atom. The largest absolute Gasteiger partial charge is 0.466 e. The smallest absolute Gasteiger partial charge is 0.306 e. The molecule has 0 N–H and O–H groups in total. The number of carbonyl (C=O) groups excluding carboxylic acids is 1. The first kappa shape index (κ1) is 16.3. The number of esters is 1. The maximum absolute atomic E-state index is 12.2. The Kier molecular flexibility index (Phi) is 5.46. The minimum Gasteiger partial charge on any atom is -0.466 e. The van der Waals surface area contributed by atoms with Crippen LogP contribution in [0.25, 0.3) is 0 Å². The van der Waals surface area contributed by atoms with Gasteiger partial charge in [0.2, 0.25) is 0 Å². The maximum Gasteiger partial charge on any atom is 0.306 e. The van der Waals surface area contributed by atoms with E-state index in [0.717, 1.165) is 24.2 Å². The van der Waals surface area contributed by atoms with Crippen LogP contribution >= 0.6 is 0 Å². The Balaban J connectivity index is 1.34. The van der Waals surface area contributed by atoms with Crippen LogP contribution in [0.1, 0.15) is 90.4 Å². The van der Waals surface area contributed by atoms with E-state index < -0.39 is 0 Å². The third-order valence-electron chi connectivity index (χ3n) is 6.45. The zero-order valence-corrected chi connectivity index (χ0v) is 14.4. The van der Waals surface area contributed by atoms with E-state index >= 15 is 0 Å². The van der Waals surface area contributed by atoms with Crippen molar-refractivity contribution >= 4 is 5.97 Å². The van der Waals surface area contributed by atoms with Gasteiger partial charge in [-0.1, -0.05) is 39.0 Å². The molecule has 4 rings (SSSR count). The van der Waals surface area contributed by atoms with Crippen LogP contribution < -0.4 is 0 Å². The first-order chi connectivity index (χ1) is 10.7. The lowest BCUT2D eigenvalue weighted by molar-refractivity contribution is -0.152. The van der Waals surface area contributed by atoms with E-state index in [4.69, 9.17) is 4.74 Å². The van der Waals surface area contributed by atoms with Gasteiger partial charge < -0.3 is 4.74 Å². The number of ether oxygens (including phenoxy) is 1. The lowest BCUT2D eigenvalue weighted by Gasteiger charge is -2.56. The van der Waals surface area contributed by atoms with E-state index in [2.05, 4.69) is 6.92 Å². The molecule has 4 aliphatic carbocycles. The first-order valence-electron chi connectivity index (χ1n) is 9.85. The minimum atomic E-state index is 0.0931. The molecule has 0 atom stereocenters. The molecule has 4 aliphatic rings. The molecule has 0 aromatic rings. The molecule has 0 unspecified atom stereocenters. The van der Waals surface area contributed by atoms with E-state index in [0.29, 0.717) is 18.4 Å². The summed E-state index contributed by atoms with van der Waals surface area (Å²) in [5.41, 5.74) is 0.340. The van der Waals surface area contributed by atoms with Gasteiger partial charge in [-0.25, -0.2) is 0 Å². The summed E-state index contributed by atoms with van der Waals surface area (Å²) in [6.07, 6.45) is 16.5. The topological polar surface area (TPSA) is 26.3 Å². The standard InChI is InChI=1S/C20H34O2/c1-2-3-4-5-6-7-8-22-19(21)15-20-12-16-9-17(13-20)11-18(10-16)14-20/h16-18H,2-15H2,1H3. The Bertz CT molecular complexity index is 339. The zero-order valence-electron chi connectivity index (χ0n) is 14.4. The van der Waals surface area contributed by atoms with Gasteiger partial charge in [0.1, 0.15) is 0 Å². The third kappa shape index (κ3) is 4.06. The van der Waals surface area contributed by atoms with Gasteiger partial charge in [0.05, 0.1) is 13.0 Å². The summed E-state index contributed by atoms with van der Waals surface area (Å²) in [6, 6.07) is 0. The molecule has 2 heteroatoms. The Morgan fingerprint density at radius 1 is 0.909 bits per heavy atom. The third-order valence-corrected chi connectivity index (χ3v) is 6.45. The molecule has 0 amide bonds. The summed E-state index contributed by atoms with van der Waals surface area (Å²) in [5, 5.41) is 0. The first-order valence-corrected chi connectivity index (χ1v) is 9.85. The lowest BCUT2D eigenvalue weighted by Crippen LogP contribution is -2.47. The van der Waals surface area contributed by atoms with Gasteiger partial charge in [-0.15, -0.1) is 0 Å². The van der Waals surface area contributed by atoms with Crippen molar-refractivity contribution in [1.82, 2.24) is 0 Å². The second-order valence-corrected chi connectivity index (χ2v) is 8.58. The maximum atomic E-state index is 12.2. The summed E-state index contributed by atoms with van der Waals surface area (Å²) in [5.74, 6) is 2.88. The molecular formula is C20H34O2. The van der Waals surface area contributed by atoms with Crippen LogP contribution in [0.3, 0.4) is 0 Å². The average Bonchev–Trinajstić information content (AvgIpc) is 2.44. The normalized spacial score (nSPS) is 35.8. The predicted molar refractivity (Wildman–Crippen MR) is 89.6 cm³/mol. The van der Waals surface area contributed by atoms with Crippen LogP contribution in [-0.4, -0.2) is 12.6 Å². The molecule has 0 radical (unpaired) electrons. The van der Waals surface area contributed by atoms with Gasteiger partial charge >= 0.3 is 5.97 Å². The number of rotatable bonds is 9. The molecule has 2 nitrogen and oxygen atoms in total. The molecule has 0 aliphatic heterocycles. The van der Waals surface area contributed by atoms with E-state index in [-0.39, 0.29) is 5.97 Å². The van der Waals surface area contributed by atoms with Gasteiger partial charge in [-0.05, 0) is 68.1 Å². The summed E-state index contributed by atoms with van der Waals surface area (Å²) >= 11 is 0. The number of hydrogen-bond acceptors (Lipinski definition) is 2. The number of unbranched alkanes of at least 4 members (excludes halogenated alkanes) is 5. The molecule has 0 aromatic heterocycles. The summed E-state index contributed by atoms with van der Waals surface area (Å²) in [6.45, 7) is 2.89. The van der Waals surface area contributed by atoms with Crippen LogP contribution in [0.5, 0.6) is 0 Å². The quantitative estimate of drug-likeness (QED) is 0.415. The molecule has 126 valence electrons. The molecule has 4 saturated carbocycles. The van der Waals surface area contributed by atoms with Crippen LogP contribution in [0.15, 0.2) is 0 Å². The summed E-state index contributed by atoms with van der Waals surface area (Å²) in [4.78, 5) is 12.2. The highest BCUT2D eigenvalue weighted by Gasteiger charge is 2.51. The molecule has 4 bridgehead atoms. The minimum absolute atomic E-state index is 0.0931. The van der Waals surface area contributed by atoms with Crippen LogP contribution in [0.4, 0.5) is 0 Å². The monoisotopic (exact) mass is 306 g/mol. The molecule has 0 aromatic carbocycles. The van der Waals surface area contributed by atoms with Gasteiger partial charge in [-0.3, -0.25) is 4.79 Å². The highest BCUT2D eigenvalue weighted by atomic mass is 16.5. The lowest BCUT2D eigenvalue weighted by atomic mass is 9.49. The van der Waals surface area contributed by atoms with Crippen molar-refractivity contribution in [3.8, 4) is 0 Å². The van der Waals surface area contributed by atoms with Crippen LogP contribution in [0, 0.1) is 23.2 Å². The second kappa shape index (κ2) is 7.36. The number of carbonyl (C=O) groups is 1. The fourth-order valence-corrected chi connectivity index (χ4v) is 5.93. The van der Waals surface area contributed by atoms with Gasteiger partial charge in [0.15, 0.2) is 0 Å². The van der Waals surface area contributed by atoms with Gasteiger partial charge in [0, 0.05) is 0 Å². The van der Waals surface area contributed by atoms with Crippen molar-refractivity contribution in [3.05, 3.63) is 0 Å². The molecule has 0 heterocycles. The SMILES string of the molecule is CCCCCCCCOC(=O)CC12CC3CC(CC(C3)C1)C2. The van der Waals surface area contributed by atoms with Crippen molar-refractivity contribution in [2.45, 2.75) is 90.4 Å². The highest BCUT2D eigenvalue weighted by Crippen LogP contribution is 2.61. The Labute approximate surface area is 136 Å². The van der Waals surface area contributed by atoms with Crippen molar-refractivity contribution in [1.29, 1.82) is 0 Å². The Hall–Kier alpha value is -0.530. The Morgan fingerprint density at radius 3 is 2.05 bits per heavy atom. The fourth-order valence-electron chi connectivity index (χ4n) is 5.93. The zero-order chi connectivity index (χ0) is 15.4. The molecule has 4 fully saturated rings. The van der Waals surface area contributed by atoms with Crippen molar-refractivity contribution in [2.75, 3.05) is 6.61 Å². The molecular weight excluding hydrogens is 272 g/mol. The van der Waals surface area contributed by atoms with E-state index in [9.17, 15) is 4.79 Å². The van der Waals surface area contributed by atoms with Crippen molar-refractivity contribution in [3.63, 3.8) is 0 Å². The molecule has 22 heavy (non-hydrogen) atoms. The number of hydrogen-bond donors (Lipinski definition) is 0. The fraction of sp³-hybridized carbons (Fsp3) is 0.950. The van der Waals surface area contributed by atoms with E-state index in [1.54, 1.807) is 0 Å². The van der Waals surface area contributed by atoms with Gasteiger partial charge in [0.25, 0.3) is 0 Å². The second-order valence-electron chi connectivity index (χ2n) is 8.58. The van der Waals surface area contributed by atoms with Crippen LogP contribution in [0.2, 0.25) is 0 Å². The van der Waals surface area contributed by atoms with E-state index in [1.165, 1.54) is 70.6 Å². The van der Waals surface area contributed by atoms with Gasteiger partial charge in [-0.2, -0.15) is 0 Å². The molecule has 0 spiro atoms.